The first kappa shape index (κ1) is 11.8. The Bertz CT molecular complexity index is 710. The van der Waals surface area contributed by atoms with Crippen LogP contribution in [0.25, 0.3) is 10.8 Å². The first-order valence-corrected chi connectivity index (χ1v) is 6.68. The quantitative estimate of drug-likeness (QED) is 0.843. The van der Waals surface area contributed by atoms with E-state index in [-0.39, 0.29) is 10.4 Å². The third-order valence-electron chi connectivity index (χ3n) is 2.45. The van der Waals surface area contributed by atoms with Crippen molar-refractivity contribution in [3.63, 3.8) is 0 Å². The van der Waals surface area contributed by atoms with Crippen LogP contribution in [0.3, 0.4) is 0 Å². The summed E-state index contributed by atoms with van der Waals surface area (Å²) >= 11 is 0. The van der Waals surface area contributed by atoms with Crippen molar-refractivity contribution in [3.8, 4) is 5.75 Å². The number of hydrogen-bond acceptors (Lipinski definition) is 4. The summed E-state index contributed by atoms with van der Waals surface area (Å²) in [6, 6.07) is 3.71. The molecule has 0 bridgehead atoms. The number of pyridine rings is 1. The third kappa shape index (κ3) is 1.95. The molecule has 17 heavy (non-hydrogen) atoms. The van der Waals surface area contributed by atoms with Crippen molar-refractivity contribution >= 4 is 20.6 Å². The normalized spacial score (nSPS) is 11.9. The van der Waals surface area contributed by atoms with E-state index in [2.05, 4.69) is 4.98 Å². The molecule has 1 aromatic heterocycles. The zero-order valence-corrected chi connectivity index (χ0v) is 10.0. The van der Waals surface area contributed by atoms with E-state index in [1.165, 1.54) is 12.1 Å². The van der Waals surface area contributed by atoms with Crippen LogP contribution in [0.1, 0.15) is 5.69 Å². The summed E-state index contributed by atoms with van der Waals surface area (Å²) in [5.41, 5.74) is 0.359. The molecule has 6 heteroatoms. The van der Waals surface area contributed by atoms with Crippen LogP contribution < -0.4 is 0 Å². The van der Waals surface area contributed by atoms with Crippen LogP contribution in [-0.2, 0) is 9.84 Å². The fourth-order valence-corrected chi connectivity index (χ4v) is 2.43. The highest BCUT2D eigenvalue weighted by Gasteiger charge is 2.19. The lowest BCUT2D eigenvalue weighted by Gasteiger charge is -2.08. The Hall–Kier alpha value is -1.69. The highest BCUT2D eigenvalue weighted by atomic mass is 32.2. The third-order valence-corrected chi connectivity index (χ3v) is 3.44. The number of aromatic nitrogens is 1. The summed E-state index contributed by atoms with van der Waals surface area (Å²) in [5.74, 6) is -0.901. The summed E-state index contributed by atoms with van der Waals surface area (Å²) in [6.45, 7) is 1.57. The summed E-state index contributed by atoms with van der Waals surface area (Å²) in [4.78, 5) is 3.81. The fourth-order valence-electron chi connectivity index (χ4n) is 1.66. The lowest BCUT2D eigenvalue weighted by Crippen LogP contribution is -2.03. The average molecular weight is 255 g/mol. The summed E-state index contributed by atoms with van der Waals surface area (Å²) < 4.78 is 35.9. The van der Waals surface area contributed by atoms with Crippen molar-refractivity contribution in [2.24, 2.45) is 0 Å². The van der Waals surface area contributed by atoms with Crippen molar-refractivity contribution < 1.29 is 17.9 Å². The number of halogens is 1. The maximum atomic E-state index is 13.1. The van der Waals surface area contributed by atoms with Crippen LogP contribution in [0.5, 0.6) is 5.75 Å². The Balaban J connectivity index is 2.96. The summed E-state index contributed by atoms with van der Waals surface area (Å²) in [7, 11) is -3.61. The molecule has 0 radical (unpaired) electrons. The number of aromatic hydroxyl groups is 1. The van der Waals surface area contributed by atoms with Gasteiger partial charge >= 0.3 is 0 Å². The van der Waals surface area contributed by atoms with Crippen LogP contribution in [0.4, 0.5) is 4.39 Å². The molecule has 0 saturated carbocycles. The number of nitrogens with zero attached hydrogens (tertiary/aromatic N) is 1. The van der Waals surface area contributed by atoms with E-state index >= 15 is 0 Å². The van der Waals surface area contributed by atoms with Crippen LogP contribution >= 0.6 is 0 Å². The van der Waals surface area contributed by atoms with Crippen molar-refractivity contribution in [2.75, 3.05) is 6.26 Å². The molecule has 0 aliphatic rings. The molecule has 0 aliphatic heterocycles. The van der Waals surface area contributed by atoms with Crippen molar-refractivity contribution in [1.29, 1.82) is 0 Å². The van der Waals surface area contributed by atoms with Gasteiger partial charge in [0.05, 0.1) is 0 Å². The number of sulfone groups is 1. The van der Waals surface area contributed by atoms with Crippen molar-refractivity contribution in [3.05, 3.63) is 29.7 Å². The standard InChI is InChI=1S/C11H10FNO3S/c1-6-9-5-7(12)3-4-8(9)10(14)11(13-6)17(2,15)16/h3-5,14H,1-2H3. The fraction of sp³-hybridized carbons (Fsp3) is 0.182. The molecule has 0 aliphatic carbocycles. The first-order chi connectivity index (χ1) is 7.80. The monoisotopic (exact) mass is 255 g/mol. The maximum absolute atomic E-state index is 13.1. The highest BCUT2D eigenvalue weighted by Crippen LogP contribution is 2.32. The van der Waals surface area contributed by atoms with Crippen LogP contribution in [0.2, 0.25) is 0 Å². The topological polar surface area (TPSA) is 67.3 Å². The molecular weight excluding hydrogens is 245 g/mol. The Morgan fingerprint density at radius 3 is 2.53 bits per heavy atom. The molecule has 1 N–H and O–H groups in total. The Kier molecular flexibility index (Phi) is 2.54. The molecule has 90 valence electrons. The van der Waals surface area contributed by atoms with Gasteiger partial charge in [0.15, 0.2) is 20.6 Å². The highest BCUT2D eigenvalue weighted by molar-refractivity contribution is 7.90. The van der Waals surface area contributed by atoms with Gasteiger partial charge in [-0.15, -0.1) is 0 Å². The van der Waals surface area contributed by atoms with E-state index in [4.69, 9.17) is 0 Å². The minimum absolute atomic E-state index is 0.277. The maximum Gasteiger partial charge on any atom is 0.197 e. The van der Waals surface area contributed by atoms with Gasteiger partial charge < -0.3 is 5.11 Å². The molecule has 0 spiro atoms. The molecule has 1 aromatic carbocycles. The Labute approximate surface area is 97.6 Å². The smallest absolute Gasteiger partial charge is 0.197 e. The number of fused-ring (bicyclic) bond motifs is 1. The minimum Gasteiger partial charge on any atom is -0.504 e. The predicted molar refractivity (Wildman–Crippen MR) is 61.2 cm³/mol. The van der Waals surface area contributed by atoms with Crippen LogP contribution in [0.15, 0.2) is 23.2 Å². The van der Waals surface area contributed by atoms with E-state index in [0.717, 1.165) is 12.3 Å². The van der Waals surface area contributed by atoms with Gasteiger partial charge in [-0.2, -0.15) is 0 Å². The molecule has 0 unspecified atom stereocenters. The molecule has 0 fully saturated rings. The first-order valence-electron chi connectivity index (χ1n) is 4.79. The van der Waals surface area contributed by atoms with Gasteiger partial charge in [-0.1, -0.05) is 0 Å². The number of aryl methyl sites for hydroxylation is 1. The Morgan fingerprint density at radius 1 is 1.29 bits per heavy atom. The van der Waals surface area contributed by atoms with Crippen LogP contribution in [0, 0.1) is 12.7 Å². The van der Waals surface area contributed by atoms with Crippen molar-refractivity contribution in [2.45, 2.75) is 11.9 Å². The van der Waals surface area contributed by atoms with Gasteiger partial charge in [0, 0.05) is 22.7 Å². The van der Waals surface area contributed by atoms with E-state index in [0.29, 0.717) is 11.1 Å². The molecule has 0 amide bonds. The van der Waals surface area contributed by atoms with Gasteiger partial charge in [0.2, 0.25) is 0 Å². The van der Waals surface area contributed by atoms with Crippen LogP contribution in [-0.4, -0.2) is 24.8 Å². The zero-order chi connectivity index (χ0) is 12.8. The average Bonchev–Trinajstić information content (AvgIpc) is 2.21. The number of benzene rings is 1. The van der Waals surface area contributed by atoms with Gasteiger partial charge in [0.25, 0.3) is 0 Å². The molecule has 4 nitrogen and oxygen atoms in total. The summed E-state index contributed by atoms with van der Waals surface area (Å²) in [5, 5.41) is 10.1. The molecule has 1 heterocycles. The number of hydrogen-bond donors (Lipinski definition) is 1. The van der Waals surface area contributed by atoms with E-state index in [9.17, 15) is 17.9 Å². The second kappa shape index (κ2) is 3.66. The van der Waals surface area contributed by atoms with E-state index in [1.807, 2.05) is 0 Å². The van der Waals surface area contributed by atoms with E-state index < -0.39 is 21.4 Å². The van der Waals surface area contributed by atoms with Gasteiger partial charge in [-0.25, -0.2) is 17.8 Å². The van der Waals surface area contributed by atoms with Crippen molar-refractivity contribution in [1.82, 2.24) is 4.98 Å². The molecule has 0 atom stereocenters. The van der Waals surface area contributed by atoms with Gasteiger partial charge in [-0.05, 0) is 25.1 Å². The molecule has 0 saturated heterocycles. The molecule has 2 aromatic rings. The lowest BCUT2D eigenvalue weighted by atomic mass is 10.1. The molecular formula is C11H10FNO3S. The van der Waals surface area contributed by atoms with Gasteiger partial charge in [-0.3, -0.25) is 0 Å². The zero-order valence-electron chi connectivity index (χ0n) is 9.23. The predicted octanol–water partition coefficient (Wildman–Crippen LogP) is 1.79. The van der Waals surface area contributed by atoms with E-state index in [1.54, 1.807) is 6.92 Å². The lowest BCUT2D eigenvalue weighted by molar-refractivity contribution is 0.459. The SMILES string of the molecule is Cc1nc(S(C)(=O)=O)c(O)c2ccc(F)cc12. The Morgan fingerprint density at radius 2 is 1.94 bits per heavy atom. The second-order valence-electron chi connectivity index (χ2n) is 3.81. The number of rotatable bonds is 1. The van der Waals surface area contributed by atoms with Gasteiger partial charge in [0.1, 0.15) is 5.82 Å². The summed E-state index contributed by atoms with van der Waals surface area (Å²) in [6.07, 6.45) is 0.962. The largest absolute Gasteiger partial charge is 0.504 e. The molecule has 2 rings (SSSR count). The second-order valence-corrected chi connectivity index (χ2v) is 5.74. The minimum atomic E-state index is -3.61.